The van der Waals surface area contributed by atoms with Crippen LogP contribution in [0, 0.1) is 6.92 Å². The second-order valence-electron chi connectivity index (χ2n) is 10.3. The van der Waals surface area contributed by atoms with Crippen molar-refractivity contribution in [3.63, 3.8) is 0 Å². The highest BCUT2D eigenvalue weighted by Crippen LogP contribution is 2.64. The normalized spacial score (nSPS) is 33.0. The number of rotatable bonds is 3. The molecule has 6 rings (SSSR count). The summed E-state index contributed by atoms with van der Waals surface area (Å²) in [5, 5.41) is 22.9. The molecule has 2 N–H and O–H groups in total. The van der Waals surface area contributed by atoms with Crippen LogP contribution in [0.1, 0.15) is 28.7 Å². The lowest BCUT2D eigenvalue weighted by molar-refractivity contribution is -0.150. The summed E-state index contributed by atoms with van der Waals surface area (Å²) < 4.78 is 6.47. The van der Waals surface area contributed by atoms with Gasteiger partial charge in [-0.15, -0.1) is 0 Å². The highest BCUT2D eigenvalue weighted by molar-refractivity contribution is 5.92. The Labute approximate surface area is 199 Å². The molecule has 6 heteroatoms. The number of aromatic hydroxyl groups is 1. The van der Waals surface area contributed by atoms with E-state index in [2.05, 4.69) is 11.9 Å². The second-order valence-corrected chi connectivity index (χ2v) is 10.3. The maximum absolute atomic E-state index is 13.2. The van der Waals surface area contributed by atoms with Crippen molar-refractivity contribution >= 4 is 12.0 Å². The molecule has 4 aliphatic rings. The Kier molecular flexibility index (Phi) is 4.54. The minimum Gasteiger partial charge on any atom is -0.504 e. The van der Waals surface area contributed by atoms with Gasteiger partial charge >= 0.3 is 0 Å². The Morgan fingerprint density at radius 2 is 2.12 bits per heavy atom. The van der Waals surface area contributed by atoms with Crippen molar-refractivity contribution in [3.8, 4) is 11.5 Å². The molecule has 5 atom stereocenters. The van der Waals surface area contributed by atoms with E-state index in [0.29, 0.717) is 18.6 Å². The first-order valence-corrected chi connectivity index (χ1v) is 11.9. The van der Waals surface area contributed by atoms with Gasteiger partial charge < -0.3 is 19.8 Å². The number of benzene rings is 2. The molecule has 2 aliphatic heterocycles. The maximum Gasteiger partial charge on any atom is 0.246 e. The number of ether oxygens (including phenoxy) is 1. The van der Waals surface area contributed by atoms with Gasteiger partial charge in [-0.3, -0.25) is 9.69 Å². The van der Waals surface area contributed by atoms with Crippen LogP contribution in [0.25, 0.3) is 6.08 Å². The van der Waals surface area contributed by atoms with E-state index in [4.69, 9.17) is 4.74 Å². The van der Waals surface area contributed by atoms with Gasteiger partial charge in [-0.1, -0.05) is 48.0 Å². The van der Waals surface area contributed by atoms with Crippen LogP contribution in [0.3, 0.4) is 0 Å². The molecule has 6 nitrogen and oxygen atoms in total. The number of piperidine rings is 1. The van der Waals surface area contributed by atoms with Crippen LogP contribution >= 0.6 is 0 Å². The molecule has 1 spiro atoms. The number of phenolic OH excluding ortho intramolecular Hbond substituents is 1. The molecular formula is C28H30N2O4. The average molecular weight is 459 g/mol. The highest BCUT2D eigenvalue weighted by atomic mass is 16.5. The van der Waals surface area contributed by atoms with Gasteiger partial charge in [0.25, 0.3) is 0 Å². The highest BCUT2D eigenvalue weighted by Gasteiger charge is 2.71. The number of nitrogens with zero attached hydrogens (tertiary/aromatic N) is 2. The number of aryl methyl sites for hydroxylation is 1. The lowest BCUT2D eigenvalue weighted by atomic mass is 9.50. The van der Waals surface area contributed by atoms with Gasteiger partial charge in [-0.05, 0) is 56.6 Å². The zero-order chi connectivity index (χ0) is 23.8. The van der Waals surface area contributed by atoms with Crippen LogP contribution in [0.15, 0.2) is 54.6 Å². The van der Waals surface area contributed by atoms with Gasteiger partial charge in [0.1, 0.15) is 11.7 Å². The van der Waals surface area contributed by atoms with E-state index >= 15 is 0 Å². The Balaban J connectivity index is 1.41. The van der Waals surface area contributed by atoms with Crippen LogP contribution in [-0.4, -0.2) is 70.3 Å². The predicted octanol–water partition coefficient (Wildman–Crippen LogP) is 2.80. The molecule has 1 amide bonds. The molecule has 34 heavy (non-hydrogen) atoms. The van der Waals surface area contributed by atoms with Gasteiger partial charge in [0.2, 0.25) is 5.91 Å². The fourth-order valence-electron chi connectivity index (χ4n) is 6.82. The smallest absolute Gasteiger partial charge is 0.246 e. The lowest BCUT2D eigenvalue weighted by Crippen LogP contribution is -2.76. The van der Waals surface area contributed by atoms with Gasteiger partial charge in [0.05, 0.1) is 11.5 Å². The fourth-order valence-corrected chi connectivity index (χ4v) is 6.82. The van der Waals surface area contributed by atoms with Crippen LogP contribution in [0.2, 0.25) is 0 Å². The maximum atomic E-state index is 13.2. The number of likely N-dealkylation sites (N-methyl/N-ethyl adjacent to an activating group) is 2. The third-order valence-electron chi connectivity index (χ3n) is 8.54. The Bertz CT molecular complexity index is 1250. The van der Waals surface area contributed by atoms with Crippen molar-refractivity contribution in [1.82, 2.24) is 9.80 Å². The summed E-state index contributed by atoms with van der Waals surface area (Å²) in [6, 6.07) is 11.2. The predicted molar refractivity (Wildman–Crippen MR) is 130 cm³/mol. The monoisotopic (exact) mass is 458 g/mol. The van der Waals surface area contributed by atoms with E-state index in [1.165, 1.54) is 0 Å². The van der Waals surface area contributed by atoms with Crippen molar-refractivity contribution in [2.45, 2.75) is 49.0 Å². The molecule has 176 valence electrons. The van der Waals surface area contributed by atoms with E-state index < -0.39 is 17.1 Å². The van der Waals surface area contributed by atoms with Crippen LogP contribution < -0.4 is 4.74 Å². The number of likely N-dealkylation sites (tertiary alicyclic amines) is 1. The standard InChI is InChI=1S/C28H30N2O4/c1-17-5-4-6-18(15-17)7-10-23(32)30(3)20-11-12-28(33)22-16-19-8-9-21(31)25-24(19)27(28,26(20)34-25)13-14-29(22)2/h4-12,15,20,22,26,31,33H,13-14,16H2,1-3H3/t20-,22-,26+,27+,28-/m1/s1. The minimum absolute atomic E-state index is 0.0882. The summed E-state index contributed by atoms with van der Waals surface area (Å²) in [7, 11) is 3.83. The number of phenols is 1. The molecule has 2 bridgehead atoms. The van der Waals surface area contributed by atoms with Gasteiger partial charge in [-0.25, -0.2) is 0 Å². The lowest BCUT2D eigenvalue weighted by Gasteiger charge is -2.62. The molecule has 2 aromatic rings. The average Bonchev–Trinajstić information content (AvgIpc) is 3.17. The van der Waals surface area contributed by atoms with Crippen molar-refractivity contribution < 1.29 is 19.7 Å². The number of carbonyl (C=O) groups is 1. The number of hydrogen-bond acceptors (Lipinski definition) is 5. The molecule has 2 aliphatic carbocycles. The molecule has 0 aromatic heterocycles. The van der Waals surface area contributed by atoms with Gasteiger partial charge in [0.15, 0.2) is 11.5 Å². The number of carbonyl (C=O) groups excluding carboxylic acids is 1. The molecule has 1 fully saturated rings. The van der Waals surface area contributed by atoms with E-state index in [1.807, 2.05) is 55.5 Å². The van der Waals surface area contributed by atoms with Crippen molar-refractivity contribution in [2.75, 3.05) is 20.6 Å². The van der Waals surface area contributed by atoms with E-state index in [-0.39, 0.29) is 23.7 Å². The summed E-state index contributed by atoms with van der Waals surface area (Å²) in [5.41, 5.74) is 2.31. The third-order valence-corrected chi connectivity index (χ3v) is 8.54. The van der Waals surface area contributed by atoms with E-state index in [0.717, 1.165) is 28.8 Å². The van der Waals surface area contributed by atoms with E-state index in [9.17, 15) is 15.0 Å². The number of amides is 1. The quantitative estimate of drug-likeness (QED) is 0.547. The fraction of sp³-hybridized carbons (Fsp3) is 0.393. The van der Waals surface area contributed by atoms with Gasteiger partial charge in [0, 0.05) is 24.7 Å². The summed E-state index contributed by atoms with van der Waals surface area (Å²) in [6.07, 6.45) is 8.12. The molecule has 0 saturated carbocycles. The summed E-state index contributed by atoms with van der Waals surface area (Å²) >= 11 is 0. The molecular weight excluding hydrogens is 428 g/mol. The summed E-state index contributed by atoms with van der Waals surface area (Å²) in [5.74, 6) is 0.422. The second kappa shape index (κ2) is 7.20. The minimum atomic E-state index is -1.13. The van der Waals surface area contributed by atoms with Crippen molar-refractivity contribution in [3.05, 3.63) is 76.9 Å². The number of aliphatic hydroxyl groups is 1. The molecule has 1 saturated heterocycles. The zero-order valence-electron chi connectivity index (χ0n) is 19.7. The van der Waals surface area contributed by atoms with Gasteiger partial charge in [-0.2, -0.15) is 0 Å². The molecule has 2 heterocycles. The first-order valence-electron chi connectivity index (χ1n) is 11.9. The van der Waals surface area contributed by atoms with Crippen molar-refractivity contribution in [1.29, 1.82) is 0 Å². The van der Waals surface area contributed by atoms with E-state index in [1.54, 1.807) is 24.1 Å². The van der Waals surface area contributed by atoms with Crippen LogP contribution in [0.5, 0.6) is 11.5 Å². The molecule has 2 aromatic carbocycles. The Hall–Kier alpha value is -3.09. The largest absolute Gasteiger partial charge is 0.504 e. The SMILES string of the molecule is Cc1cccc(C=CC(=O)N(C)[C@@H]2C=C[C@@]3(O)[C@H]4Cc5ccc(O)c6c5[C@@]3(CCN4C)[C@H]2O6)c1. The van der Waals surface area contributed by atoms with Crippen LogP contribution in [-0.2, 0) is 16.6 Å². The number of hydrogen-bond donors (Lipinski definition) is 2. The Morgan fingerprint density at radius 1 is 1.29 bits per heavy atom. The molecule has 0 radical (unpaired) electrons. The first-order chi connectivity index (χ1) is 16.3. The summed E-state index contributed by atoms with van der Waals surface area (Å²) in [4.78, 5) is 17.1. The zero-order valence-corrected chi connectivity index (χ0v) is 19.7. The first kappa shape index (κ1) is 21.4. The topological polar surface area (TPSA) is 73.2 Å². The van der Waals surface area contributed by atoms with Crippen molar-refractivity contribution in [2.24, 2.45) is 0 Å². The van der Waals surface area contributed by atoms with Crippen LogP contribution in [0.4, 0.5) is 0 Å². The third kappa shape index (κ3) is 2.67. The molecule has 0 unspecified atom stereocenters. The summed E-state index contributed by atoms with van der Waals surface area (Å²) in [6.45, 7) is 2.84. The Morgan fingerprint density at radius 3 is 2.91 bits per heavy atom.